The van der Waals surface area contributed by atoms with Gasteiger partial charge in [0.05, 0.1) is 13.2 Å². The molecule has 0 spiro atoms. The highest BCUT2D eigenvalue weighted by Gasteiger charge is 2.46. The van der Waals surface area contributed by atoms with Crippen LogP contribution in [0.15, 0.2) is 18.2 Å². The number of aryl methyl sites for hydroxylation is 1. The average molecular weight is 342 g/mol. The molecule has 1 saturated carbocycles. The summed E-state index contributed by atoms with van der Waals surface area (Å²) in [5, 5.41) is 20.7. The van der Waals surface area contributed by atoms with Gasteiger partial charge in [0.15, 0.2) is 0 Å². The van der Waals surface area contributed by atoms with Gasteiger partial charge in [0.2, 0.25) is 0 Å². The summed E-state index contributed by atoms with van der Waals surface area (Å²) in [6.07, 6.45) is 2.33. The lowest BCUT2D eigenvalue weighted by Crippen LogP contribution is -2.14. The Bertz CT molecular complexity index is 798. The van der Waals surface area contributed by atoms with Crippen molar-refractivity contribution in [2.75, 3.05) is 26.4 Å². The molecule has 4 nitrogen and oxygen atoms in total. The minimum absolute atomic E-state index is 0.00843. The largest absolute Gasteiger partial charge is 0.490 e. The molecule has 2 bridgehead atoms. The second-order valence-corrected chi connectivity index (χ2v) is 7.38. The van der Waals surface area contributed by atoms with Crippen molar-refractivity contribution in [2.24, 2.45) is 5.92 Å². The fraction of sp³-hybridized carbons (Fsp3) is 0.524. The van der Waals surface area contributed by atoms with E-state index in [0.29, 0.717) is 31.0 Å². The van der Waals surface area contributed by atoms with Crippen LogP contribution in [0.3, 0.4) is 0 Å². The van der Waals surface area contributed by atoms with Crippen molar-refractivity contribution in [1.29, 1.82) is 0 Å². The quantitative estimate of drug-likeness (QED) is 0.843. The van der Waals surface area contributed by atoms with Crippen molar-refractivity contribution >= 4 is 10.8 Å². The minimum atomic E-state index is 0.00843. The first-order valence-corrected chi connectivity index (χ1v) is 9.23. The molecule has 2 aliphatic rings. The van der Waals surface area contributed by atoms with Gasteiger partial charge in [-0.2, -0.15) is 0 Å². The third-order valence-electron chi connectivity index (χ3n) is 5.86. The maximum absolute atomic E-state index is 9.28. The van der Waals surface area contributed by atoms with Crippen molar-refractivity contribution < 1.29 is 19.7 Å². The Labute approximate surface area is 148 Å². The first kappa shape index (κ1) is 16.7. The van der Waals surface area contributed by atoms with Gasteiger partial charge in [0, 0.05) is 21.9 Å². The fourth-order valence-electron chi connectivity index (χ4n) is 4.94. The number of aliphatic hydroxyl groups excluding tert-OH is 2. The van der Waals surface area contributed by atoms with E-state index < -0.39 is 0 Å². The molecule has 4 heteroatoms. The fourth-order valence-corrected chi connectivity index (χ4v) is 4.94. The molecule has 2 aliphatic carbocycles. The zero-order chi connectivity index (χ0) is 17.6. The number of rotatable bonds is 6. The molecule has 134 valence electrons. The first-order chi connectivity index (χ1) is 12.2. The number of aliphatic hydroxyl groups is 2. The SMILES string of the molecule is Cc1cccc2c(OCCO)c3c(c(OCCO)c12)C1CC(C)C3C1. The summed E-state index contributed by atoms with van der Waals surface area (Å²) in [5.41, 5.74) is 3.72. The zero-order valence-electron chi connectivity index (χ0n) is 14.9. The molecule has 2 aromatic rings. The number of hydrogen-bond donors (Lipinski definition) is 2. The van der Waals surface area contributed by atoms with E-state index in [4.69, 9.17) is 9.47 Å². The molecule has 0 aromatic heterocycles. The highest BCUT2D eigenvalue weighted by Crippen LogP contribution is 2.63. The Balaban J connectivity index is 2.02. The molecule has 0 aliphatic heterocycles. The summed E-state index contributed by atoms with van der Waals surface area (Å²) in [5.74, 6) is 3.51. The Morgan fingerprint density at radius 3 is 2.44 bits per heavy atom. The molecule has 0 amide bonds. The highest BCUT2D eigenvalue weighted by atomic mass is 16.5. The van der Waals surface area contributed by atoms with Crippen LogP contribution in [0.4, 0.5) is 0 Å². The minimum Gasteiger partial charge on any atom is -0.490 e. The van der Waals surface area contributed by atoms with Crippen LogP contribution in [0, 0.1) is 12.8 Å². The lowest BCUT2D eigenvalue weighted by molar-refractivity contribution is 0.197. The van der Waals surface area contributed by atoms with Crippen LogP contribution in [-0.2, 0) is 0 Å². The van der Waals surface area contributed by atoms with Crippen molar-refractivity contribution in [2.45, 2.75) is 38.5 Å². The van der Waals surface area contributed by atoms with E-state index in [-0.39, 0.29) is 13.2 Å². The summed E-state index contributed by atoms with van der Waals surface area (Å²) in [4.78, 5) is 0. The maximum Gasteiger partial charge on any atom is 0.131 e. The third kappa shape index (κ3) is 2.51. The predicted molar refractivity (Wildman–Crippen MR) is 97.7 cm³/mol. The van der Waals surface area contributed by atoms with E-state index in [9.17, 15) is 10.2 Å². The molecule has 0 heterocycles. The number of benzene rings is 2. The lowest BCUT2D eigenvalue weighted by Gasteiger charge is -2.28. The summed E-state index contributed by atoms with van der Waals surface area (Å²) < 4.78 is 12.2. The monoisotopic (exact) mass is 342 g/mol. The molecule has 2 aromatic carbocycles. The van der Waals surface area contributed by atoms with Gasteiger partial charge in [-0.05, 0) is 43.1 Å². The van der Waals surface area contributed by atoms with Crippen LogP contribution < -0.4 is 9.47 Å². The van der Waals surface area contributed by atoms with Crippen molar-refractivity contribution in [1.82, 2.24) is 0 Å². The summed E-state index contributed by atoms with van der Waals surface area (Å²) in [7, 11) is 0. The van der Waals surface area contributed by atoms with Crippen molar-refractivity contribution in [3.8, 4) is 11.5 Å². The van der Waals surface area contributed by atoms with E-state index >= 15 is 0 Å². The lowest BCUT2D eigenvalue weighted by atomic mass is 9.81. The van der Waals surface area contributed by atoms with E-state index in [1.807, 2.05) is 6.07 Å². The number of fused-ring (bicyclic) bond motifs is 6. The molecule has 3 unspecified atom stereocenters. The van der Waals surface area contributed by atoms with Crippen LogP contribution >= 0.6 is 0 Å². The maximum atomic E-state index is 9.28. The number of hydrogen-bond acceptors (Lipinski definition) is 4. The smallest absolute Gasteiger partial charge is 0.131 e. The van der Waals surface area contributed by atoms with Crippen LogP contribution in [0.2, 0.25) is 0 Å². The average Bonchev–Trinajstić information content (AvgIpc) is 3.16. The summed E-state index contributed by atoms with van der Waals surface area (Å²) in [6, 6.07) is 6.21. The van der Waals surface area contributed by atoms with Gasteiger partial charge in [0.25, 0.3) is 0 Å². The molecular weight excluding hydrogens is 316 g/mol. The molecule has 3 atom stereocenters. The Kier molecular flexibility index (Phi) is 4.34. The van der Waals surface area contributed by atoms with E-state index in [1.54, 1.807) is 0 Å². The molecule has 0 radical (unpaired) electrons. The van der Waals surface area contributed by atoms with Gasteiger partial charge in [-0.1, -0.05) is 25.1 Å². The first-order valence-electron chi connectivity index (χ1n) is 9.23. The highest BCUT2D eigenvalue weighted by molar-refractivity contribution is 5.99. The predicted octanol–water partition coefficient (Wildman–Crippen LogP) is 3.50. The van der Waals surface area contributed by atoms with Gasteiger partial charge < -0.3 is 19.7 Å². The summed E-state index contributed by atoms with van der Waals surface area (Å²) in [6.45, 7) is 5.03. The van der Waals surface area contributed by atoms with Crippen molar-refractivity contribution in [3.05, 3.63) is 34.9 Å². The molecule has 2 N–H and O–H groups in total. The van der Waals surface area contributed by atoms with Gasteiger partial charge in [-0.15, -0.1) is 0 Å². The second-order valence-electron chi connectivity index (χ2n) is 7.38. The van der Waals surface area contributed by atoms with Gasteiger partial charge in [-0.3, -0.25) is 0 Å². The molecule has 25 heavy (non-hydrogen) atoms. The van der Waals surface area contributed by atoms with E-state index in [0.717, 1.165) is 34.3 Å². The Morgan fingerprint density at radius 2 is 1.72 bits per heavy atom. The van der Waals surface area contributed by atoms with Gasteiger partial charge in [-0.25, -0.2) is 0 Å². The third-order valence-corrected chi connectivity index (χ3v) is 5.86. The number of ether oxygens (including phenoxy) is 2. The standard InChI is InChI=1S/C21H26O4/c1-12-4-3-5-15-17(12)21(25-9-7-23)18-14-10-13(2)16(11-14)19(18)20(15)24-8-6-22/h3-5,13-14,16,22-23H,6-11H2,1-2H3. The Morgan fingerprint density at radius 1 is 1.00 bits per heavy atom. The zero-order valence-corrected chi connectivity index (χ0v) is 14.9. The van der Waals surface area contributed by atoms with E-state index in [1.165, 1.54) is 17.5 Å². The van der Waals surface area contributed by atoms with E-state index in [2.05, 4.69) is 26.0 Å². The normalized spacial score (nSPS) is 23.9. The van der Waals surface area contributed by atoms with Gasteiger partial charge >= 0.3 is 0 Å². The molecule has 1 fully saturated rings. The Hall–Kier alpha value is -1.78. The topological polar surface area (TPSA) is 58.9 Å². The molecule has 0 saturated heterocycles. The van der Waals surface area contributed by atoms with Gasteiger partial charge in [0.1, 0.15) is 24.7 Å². The second kappa shape index (κ2) is 6.50. The molecule has 4 rings (SSSR count). The van der Waals surface area contributed by atoms with Crippen LogP contribution in [-0.4, -0.2) is 36.6 Å². The van der Waals surface area contributed by atoms with Crippen LogP contribution in [0.1, 0.15) is 48.3 Å². The van der Waals surface area contributed by atoms with Crippen LogP contribution in [0.25, 0.3) is 10.8 Å². The molecular formula is C21H26O4. The summed E-state index contributed by atoms with van der Waals surface area (Å²) >= 11 is 0. The van der Waals surface area contributed by atoms with Crippen molar-refractivity contribution in [3.63, 3.8) is 0 Å². The van der Waals surface area contributed by atoms with Crippen LogP contribution in [0.5, 0.6) is 11.5 Å².